The van der Waals surface area contributed by atoms with Gasteiger partial charge in [0.1, 0.15) is 0 Å². The number of rotatable bonds is 2. The van der Waals surface area contributed by atoms with Crippen LogP contribution in [0.2, 0.25) is 0 Å². The van der Waals surface area contributed by atoms with Crippen LogP contribution in [0.3, 0.4) is 0 Å². The highest BCUT2D eigenvalue weighted by molar-refractivity contribution is 5.01. The van der Waals surface area contributed by atoms with E-state index in [0.717, 1.165) is 0 Å². The Morgan fingerprint density at radius 2 is 1.38 bits per heavy atom. The minimum Gasteiger partial charge on any atom is -0.280 e. The van der Waals surface area contributed by atoms with E-state index in [4.69, 9.17) is 0 Å². The maximum absolute atomic E-state index is 3.59. The monoisotopic (exact) mass is 110 g/mol. The van der Waals surface area contributed by atoms with E-state index in [9.17, 15) is 0 Å². The molecule has 0 aromatic carbocycles. The van der Waals surface area contributed by atoms with Crippen molar-refractivity contribution in [2.75, 3.05) is 0 Å². The second-order valence-corrected chi connectivity index (χ2v) is 1.76. The molecule has 0 bridgehead atoms. The van der Waals surface area contributed by atoms with Gasteiger partial charge >= 0.3 is 0 Å². The maximum Gasteiger partial charge on any atom is 0.0790 e. The molecule has 0 aliphatic carbocycles. The first-order chi connectivity index (χ1) is 3.86. The number of hydrogen-bond donors (Lipinski definition) is 2. The van der Waals surface area contributed by atoms with Crippen LogP contribution in [0.5, 0.6) is 0 Å². The van der Waals surface area contributed by atoms with E-state index in [-0.39, 0.29) is 12.3 Å². The highest BCUT2D eigenvalue weighted by Gasteiger charge is 2.19. The third-order valence-electron chi connectivity index (χ3n) is 1.19. The predicted molar refractivity (Wildman–Crippen MR) is 34.2 cm³/mol. The number of nitrogens with one attached hydrogen (secondary N) is 2. The SMILES string of the molecule is C=CC1NC(C=C)N1. The normalized spacial score (nSPS) is 35.5. The maximum atomic E-state index is 3.59. The Labute approximate surface area is 49.3 Å². The van der Waals surface area contributed by atoms with Crippen LogP contribution in [0.15, 0.2) is 25.3 Å². The zero-order valence-electron chi connectivity index (χ0n) is 4.72. The molecule has 2 N–H and O–H groups in total. The lowest BCUT2D eigenvalue weighted by Crippen LogP contribution is -2.65. The Kier molecular flexibility index (Phi) is 1.46. The van der Waals surface area contributed by atoms with Crippen molar-refractivity contribution in [2.24, 2.45) is 0 Å². The van der Waals surface area contributed by atoms with Gasteiger partial charge in [0, 0.05) is 0 Å². The van der Waals surface area contributed by atoms with E-state index >= 15 is 0 Å². The minimum atomic E-state index is 0.290. The van der Waals surface area contributed by atoms with Crippen LogP contribution in [0.25, 0.3) is 0 Å². The molecular formula is C6H10N2. The second-order valence-electron chi connectivity index (χ2n) is 1.76. The molecule has 0 aromatic rings. The number of hydrogen-bond acceptors (Lipinski definition) is 2. The molecule has 1 aliphatic heterocycles. The fraction of sp³-hybridized carbons (Fsp3) is 0.333. The molecule has 0 spiro atoms. The Morgan fingerprint density at radius 1 is 1.00 bits per heavy atom. The Hall–Kier alpha value is -0.600. The van der Waals surface area contributed by atoms with Gasteiger partial charge in [-0.15, -0.1) is 13.2 Å². The van der Waals surface area contributed by atoms with Crippen LogP contribution in [-0.4, -0.2) is 12.3 Å². The van der Waals surface area contributed by atoms with Crippen LogP contribution in [0, 0.1) is 0 Å². The van der Waals surface area contributed by atoms with E-state index in [0.29, 0.717) is 0 Å². The predicted octanol–water partition coefficient (Wildman–Crippen LogP) is 0.203. The van der Waals surface area contributed by atoms with E-state index < -0.39 is 0 Å². The largest absolute Gasteiger partial charge is 0.280 e. The fourth-order valence-electron chi connectivity index (χ4n) is 0.659. The molecule has 0 aromatic heterocycles. The molecule has 0 saturated carbocycles. The zero-order chi connectivity index (χ0) is 5.98. The summed E-state index contributed by atoms with van der Waals surface area (Å²) in [6, 6.07) is 0. The average Bonchev–Trinajstić information content (AvgIpc) is 1.65. The molecule has 0 radical (unpaired) electrons. The quantitative estimate of drug-likeness (QED) is 0.496. The van der Waals surface area contributed by atoms with Gasteiger partial charge in [-0.05, 0) is 0 Å². The minimum absolute atomic E-state index is 0.290. The second kappa shape index (κ2) is 2.11. The molecular weight excluding hydrogens is 100 g/mol. The lowest BCUT2D eigenvalue weighted by Gasteiger charge is -2.34. The average molecular weight is 110 g/mol. The Morgan fingerprint density at radius 3 is 1.62 bits per heavy atom. The van der Waals surface area contributed by atoms with Gasteiger partial charge in [0.05, 0.1) is 12.3 Å². The molecule has 0 atom stereocenters. The Balaban J connectivity index is 2.20. The van der Waals surface area contributed by atoms with Crippen molar-refractivity contribution in [1.29, 1.82) is 0 Å². The van der Waals surface area contributed by atoms with Crippen molar-refractivity contribution in [1.82, 2.24) is 10.6 Å². The first-order valence-corrected chi connectivity index (χ1v) is 2.64. The van der Waals surface area contributed by atoms with Crippen LogP contribution < -0.4 is 10.6 Å². The third kappa shape index (κ3) is 0.804. The van der Waals surface area contributed by atoms with Crippen molar-refractivity contribution in [3.05, 3.63) is 25.3 Å². The molecule has 0 unspecified atom stereocenters. The van der Waals surface area contributed by atoms with Crippen LogP contribution in [-0.2, 0) is 0 Å². The summed E-state index contributed by atoms with van der Waals surface area (Å²) in [6.07, 6.45) is 4.22. The zero-order valence-corrected chi connectivity index (χ0v) is 4.72. The first kappa shape index (κ1) is 5.54. The summed E-state index contributed by atoms with van der Waals surface area (Å²) < 4.78 is 0. The summed E-state index contributed by atoms with van der Waals surface area (Å²) in [6.45, 7) is 7.18. The summed E-state index contributed by atoms with van der Waals surface area (Å²) in [5.41, 5.74) is 0. The van der Waals surface area contributed by atoms with Gasteiger partial charge in [-0.25, -0.2) is 0 Å². The van der Waals surface area contributed by atoms with Crippen molar-refractivity contribution in [2.45, 2.75) is 12.3 Å². The smallest absolute Gasteiger partial charge is 0.0790 e. The van der Waals surface area contributed by atoms with Crippen molar-refractivity contribution >= 4 is 0 Å². The molecule has 8 heavy (non-hydrogen) atoms. The molecule has 2 nitrogen and oxygen atoms in total. The lowest BCUT2D eigenvalue weighted by molar-refractivity contribution is 0.287. The standard InChI is InChI=1S/C6H10N2/c1-3-5-7-6(4-2)8-5/h3-8H,1-2H2. The molecule has 1 heterocycles. The van der Waals surface area contributed by atoms with Crippen LogP contribution in [0.4, 0.5) is 0 Å². The van der Waals surface area contributed by atoms with Crippen LogP contribution >= 0.6 is 0 Å². The molecule has 1 aliphatic rings. The summed E-state index contributed by atoms with van der Waals surface area (Å²) in [5.74, 6) is 0. The highest BCUT2D eigenvalue weighted by Crippen LogP contribution is 1.96. The highest BCUT2D eigenvalue weighted by atomic mass is 15.3. The summed E-state index contributed by atoms with van der Waals surface area (Å²) in [7, 11) is 0. The van der Waals surface area contributed by atoms with Gasteiger partial charge in [0.25, 0.3) is 0 Å². The molecule has 0 amide bonds. The summed E-state index contributed by atoms with van der Waals surface area (Å²) in [5, 5.41) is 6.26. The van der Waals surface area contributed by atoms with Gasteiger partial charge in [0.2, 0.25) is 0 Å². The topological polar surface area (TPSA) is 24.1 Å². The van der Waals surface area contributed by atoms with Crippen LogP contribution in [0.1, 0.15) is 0 Å². The van der Waals surface area contributed by atoms with E-state index in [1.807, 2.05) is 12.2 Å². The Bertz CT molecular complexity index is 91.1. The first-order valence-electron chi connectivity index (χ1n) is 2.64. The summed E-state index contributed by atoms with van der Waals surface area (Å²) >= 11 is 0. The fourth-order valence-corrected chi connectivity index (χ4v) is 0.659. The van der Waals surface area contributed by atoms with Gasteiger partial charge < -0.3 is 0 Å². The van der Waals surface area contributed by atoms with Gasteiger partial charge in [-0.1, -0.05) is 12.2 Å². The molecule has 1 saturated heterocycles. The third-order valence-corrected chi connectivity index (χ3v) is 1.19. The lowest BCUT2D eigenvalue weighted by atomic mass is 10.3. The molecule has 44 valence electrons. The van der Waals surface area contributed by atoms with Gasteiger partial charge in [-0.3, -0.25) is 10.6 Å². The summed E-state index contributed by atoms with van der Waals surface area (Å²) in [4.78, 5) is 0. The van der Waals surface area contributed by atoms with Gasteiger partial charge in [-0.2, -0.15) is 0 Å². The van der Waals surface area contributed by atoms with E-state index in [2.05, 4.69) is 23.8 Å². The van der Waals surface area contributed by atoms with Crippen molar-refractivity contribution in [3.8, 4) is 0 Å². The molecule has 1 rings (SSSR count). The van der Waals surface area contributed by atoms with Crippen molar-refractivity contribution in [3.63, 3.8) is 0 Å². The van der Waals surface area contributed by atoms with E-state index in [1.54, 1.807) is 0 Å². The van der Waals surface area contributed by atoms with Crippen molar-refractivity contribution < 1.29 is 0 Å². The molecule has 1 fully saturated rings. The molecule has 2 heteroatoms. The van der Waals surface area contributed by atoms with E-state index in [1.165, 1.54) is 0 Å². The van der Waals surface area contributed by atoms with Gasteiger partial charge in [0.15, 0.2) is 0 Å².